The van der Waals surface area contributed by atoms with Crippen molar-refractivity contribution >= 4 is 23.2 Å². The van der Waals surface area contributed by atoms with Gasteiger partial charge in [0.1, 0.15) is 0 Å². The Morgan fingerprint density at radius 2 is 1.72 bits per heavy atom. The van der Waals surface area contributed by atoms with Gasteiger partial charge in [0.25, 0.3) is 0 Å². The third-order valence-corrected chi connectivity index (χ3v) is 4.30. The maximum Gasteiger partial charge on any atom is 0.221 e. The monoisotopic (exact) mass is 396 g/mol. The normalized spacial score (nSPS) is 13.4. The second-order valence-corrected chi connectivity index (χ2v) is 6.73. The van der Waals surface area contributed by atoms with Crippen molar-refractivity contribution in [1.82, 2.24) is 5.32 Å². The van der Waals surface area contributed by atoms with Crippen molar-refractivity contribution in [3.63, 3.8) is 0 Å². The highest BCUT2D eigenvalue weighted by Crippen LogP contribution is 2.32. The second kappa shape index (κ2) is 10.4. The summed E-state index contributed by atoms with van der Waals surface area (Å²) in [5, 5.41) is 9.35. The number of ether oxygens (including phenoxy) is 2. The topological polar surface area (TPSA) is 84.0 Å². The van der Waals surface area contributed by atoms with E-state index in [2.05, 4.69) is 20.9 Å². The summed E-state index contributed by atoms with van der Waals surface area (Å²) in [6.07, 6.45) is 1.69. The minimum atomic E-state index is -0.0709. The Labute approximate surface area is 171 Å². The number of hydrogen-bond donors (Lipinski definition) is 3. The molecule has 3 N–H and O–H groups in total. The van der Waals surface area contributed by atoms with E-state index >= 15 is 0 Å². The molecule has 0 saturated heterocycles. The van der Waals surface area contributed by atoms with E-state index in [0.717, 1.165) is 53.8 Å². The predicted octanol–water partition coefficient (Wildman–Crippen LogP) is 3.43. The summed E-state index contributed by atoms with van der Waals surface area (Å²) < 4.78 is 11.4. The smallest absolute Gasteiger partial charge is 0.221 e. The highest BCUT2D eigenvalue weighted by molar-refractivity contribution is 5.94. The molecule has 1 amide bonds. The van der Waals surface area contributed by atoms with Crippen LogP contribution in [-0.4, -0.2) is 38.2 Å². The number of carbonyl (C=O) groups is 1. The lowest BCUT2D eigenvalue weighted by atomic mass is 10.1. The van der Waals surface area contributed by atoms with Crippen molar-refractivity contribution in [3.05, 3.63) is 48.0 Å². The molecule has 0 fully saturated rings. The number of hydrogen-bond acceptors (Lipinski definition) is 4. The van der Waals surface area contributed by atoms with Gasteiger partial charge in [-0.05, 0) is 43.2 Å². The van der Waals surface area contributed by atoms with Crippen LogP contribution in [0.25, 0.3) is 0 Å². The van der Waals surface area contributed by atoms with Crippen molar-refractivity contribution in [2.24, 2.45) is 4.99 Å². The molecule has 29 heavy (non-hydrogen) atoms. The number of amides is 1. The van der Waals surface area contributed by atoms with Crippen molar-refractivity contribution < 1.29 is 14.3 Å². The molecule has 1 aliphatic rings. The average Bonchev–Trinajstić information content (AvgIpc) is 2.94. The van der Waals surface area contributed by atoms with Crippen LogP contribution < -0.4 is 25.4 Å². The Balaban J connectivity index is 1.59. The second-order valence-electron chi connectivity index (χ2n) is 6.73. The van der Waals surface area contributed by atoms with Crippen LogP contribution in [0.4, 0.5) is 11.4 Å². The number of nitrogens with zero attached hydrogens (tertiary/aromatic N) is 1. The van der Waals surface area contributed by atoms with E-state index in [0.29, 0.717) is 19.8 Å². The SMILES string of the molecule is CCNC(=NCCc1ccc(NC(C)=O)cc1)Nc1ccc2c(c1)OCCCO2. The lowest BCUT2D eigenvalue weighted by molar-refractivity contribution is -0.114. The van der Waals surface area contributed by atoms with E-state index < -0.39 is 0 Å². The van der Waals surface area contributed by atoms with E-state index in [9.17, 15) is 4.79 Å². The van der Waals surface area contributed by atoms with E-state index in [4.69, 9.17) is 9.47 Å². The first-order valence-corrected chi connectivity index (χ1v) is 9.95. The molecular formula is C22H28N4O3. The molecular weight excluding hydrogens is 368 g/mol. The van der Waals surface area contributed by atoms with Crippen LogP contribution in [-0.2, 0) is 11.2 Å². The highest BCUT2D eigenvalue weighted by Gasteiger charge is 2.11. The Kier molecular flexibility index (Phi) is 7.33. The number of anilines is 2. The zero-order valence-electron chi connectivity index (χ0n) is 17.0. The number of nitrogens with one attached hydrogen (secondary N) is 3. The molecule has 3 rings (SSSR count). The van der Waals surface area contributed by atoms with Gasteiger partial charge in [0.2, 0.25) is 5.91 Å². The number of rotatable bonds is 6. The van der Waals surface area contributed by atoms with Gasteiger partial charge in [-0.2, -0.15) is 0 Å². The predicted molar refractivity (Wildman–Crippen MR) is 116 cm³/mol. The van der Waals surface area contributed by atoms with Gasteiger partial charge in [-0.1, -0.05) is 12.1 Å². The molecule has 2 aromatic rings. The van der Waals surface area contributed by atoms with Crippen LogP contribution in [0.5, 0.6) is 11.5 Å². The summed E-state index contributed by atoms with van der Waals surface area (Å²) in [6, 6.07) is 13.6. The molecule has 154 valence electrons. The van der Waals surface area contributed by atoms with Gasteiger partial charge in [-0.15, -0.1) is 0 Å². The van der Waals surface area contributed by atoms with Crippen molar-refractivity contribution in [1.29, 1.82) is 0 Å². The Bertz CT molecular complexity index is 850. The lowest BCUT2D eigenvalue weighted by Gasteiger charge is -2.13. The average molecular weight is 396 g/mol. The van der Waals surface area contributed by atoms with Gasteiger partial charge < -0.3 is 25.4 Å². The van der Waals surface area contributed by atoms with Crippen LogP contribution in [0.15, 0.2) is 47.5 Å². The molecule has 1 aliphatic heterocycles. The summed E-state index contributed by atoms with van der Waals surface area (Å²) in [5.41, 5.74) is 2.86. The van der Waals surface area contributed by atoms with Crippen LogP contribution >= 0.6 is 0 Å². The Morgan fingerprint density at radius 1 is 1.00 bits per heavy atom. The maximum atomic E-state index is 11.1. The largest absolute Gasteiger partial charge is 0.490 e. The van der Waals surface area contributed by atoms with E-state index in [-0.39, 0.29) is 5.91 Å². The standard InChI is InChI=1S/C22H28N4O3/c1-3-23-22(24-12-11-17-5-7-18(8-6-17)25-16(2)27)26-19-9-10-20-21(15-19)29-14-4-13-28-20/h5-10,15H,3-4,11-14H2,1-2H3,(H,25,27)(H2,23,24,26). The number of carbonyl (C=O) groups excluding carboxylic acids is 1. The first kappa shape index (κ1) is 20.5. The quantitative estimate of drug-likeness (QED) is 0.515. The minimum absolute atomic E-state index is 0.0709. The molecule has 0 aliphatic carbocycles. The first-order valence-electron chi connectivity index (χ1n) is 9.95. The number of aliphatic imine (C=N–C) groups is 1. The number of guanidine groups is 1. The summed E-state index contributed by atoms with van der Waals surface area (Å²) in [5.74, 6) is 2.18. The van der Waals surface area contributed by atoms with Crippen LogP contribution in [0.2, 0.25) is 0 Å². The maximum absolute atomic E-state index is 11.1. The third kappa shape index (κ3) is 6.41. The summed E-state index contributed by atoms with van der Waals surface area (Å²) in [6.45, 7) is 6.27. The molecule has 0 aromatic heterocycles. The van der Waals surface area contributed by atoms with Gasteiger partial charge in [0, 0.05) is 43.9 Å². The fourth-order valence-electron chi connectivity index (χ4n) is 2.94. The fraction of sp³-hybridized carbons (Fsp3) is 0.364. The fourth-order valence-corrected chi connectivity index (χ4v) is 2.94. The molecule has 7 nitrogen and oxygen atoms in total. The van der Waals surface area contributed by atoms with Crippen LogP contribution in [0.3, 0.4) is 0 Å². The highest BCUT2D eigenvalue weighted by atomic mass is 16.5. The van der Waals surface area contributed by atoms with Crippen molar-refractivity contribution in [2.75, 3.05) is 36.9 Å². The summed E-state index contributed by atoms with van der Waals surface area (Å²) >= 11 is 0. The molecule has 0 saturated carbocycles. The molecule has 0 spiro atoms. The van der Waals surface area contributed by atoms with Gasteiger partial charge in [0.15, 0.2) is 17.5 Å². The van der Waals surface area contributed by atoms with Gasteiger partial charge >= 0.3 is 0 Å². The molecule has 0 atom stereocenters. The molecule has 0 radical (unpaired) electrons. The number of fused-ring (bicyclic) bond motifs is 1. The van der Waals surface area contributed by atoms with Gasteiger partial charge in [-0.25, -0.2) is 0 Å². The zero-order chi connectivity index (χ0) is 20.5. The molecule has 7 heteroatoms. The third-order valence-electron chi connectivity index (χ3n) is 4.30. The Hall–Kier alpha value is -3.22. The van der Waals surface area contributed by atoms with Crippen molar-refractivity contribution in [3.8, 4) is 11.5 Å². The zero-order valence-corrected chi connectivity index (χ0v) is 17.0. The molecule has 0 bridgehead atoms. The van der Waals surface area contributed by atoms with Gasteiger partial charge in [0.05, 0.1) is 13.2 Å². The molecule has 1 heterocycles. The van der Waals surface area contributed by atoms with E-state index in [1.54, 1.807) is 0 Å². The lowest BCUT2D eigenvalue weighted by Crippen LogP contribution is -2.30. The summed E-state index contributed by atoms with van der Waals surface area (Å²) in [7, 11) is 0. The molecule has 2 aromatic carbocycles. The Morgan fingerprint density at radius 3 is 2.45 bits per heavy atom. The van der Waals surface area contributed by atoms with Gasteiger partial charge in [-0.3, -0.25) is 9.79 Å². The summed E-state index contributed by atoms with van der Waals surface area (Å²) in [4.78, 5) is 15.8. The van der Waals surface area contributed by atoms with E-state index in [1.165, 1.54) is 6.92 Å². The molecule has 0 unspecified atom stereocenters. The first-order chi connectivity index (χ1) is 14.1. The van der Waals surface area contributed by atoms with Crippen molar-refractivity contribution in [2.45, 2.75) is 26.7 Å². The minimum Gasteiger partial charge on any atom is -0.490 e. The van der Waals surface area contributed by atoms with E-state index in [1.807, 2.05) is 49.4 Å². The van der Waals surface area contributed by atoms with Crippen LogP contribution in [0, 0.1) is 0 Å². The number of benzene rings is 2. The van der Waals surface area contributed by atoms with Crippen LogP contribution in [0.1, 0.15) is 25.8 Å².